The summed E-state index contributed by atoms with van der Waals surface area (Å²) in [6, 6.07) is 20.5. The van der Waals surface area contributed by atoms with Gasteiger partial charge in [-0.3, -0.25) is 9.69 Å². The van der Waals surface area contributed by atoms with Gasteiger partial charge in [0.1, 0.15) is 12.1 Å². The van der Waals surface area contributed by atoms with E-state index in [4.69, 9.17) is 4.42 Å². The minimum absolute atomic E-state index is 0.0996. The number of rotatable bonds is 9. The van der Waals surface area contributed by atoms with Gasteiger partial charge in [-0.25, -0.2) is 9.37 Å². The Morgan fingerprint density at radius 3 is 2.16 bits per heavy atom. The van der Waals surface area contributed by atoms with Crippen molar-refractivity contribution in [1.82, 2.24) is 14.8 Å². The Hall–Kier alpha value is -3.98. The van der Waals surface area contributed by atoms with Crippen LogP contribution in [0, 0.1) is 5.82 Å². The molecule has 37 heavy (non-hydrogen) atoms. The highest BCUT2D eigenvalue weighted by molar-refractivity contribution is 5.91. The highest BCUT2D eigenvalue weighted by atomic mass is 19.4. The second-order valence-corrected chi connectivity index (χ2v) is 8.75. The summed E-state index contributed by atoms with van der Waals surface area (Å²) in [5.41, 5.74) is 1.40. The van der Waals surface area contributed by atoms with Crippen LogP contribution in [0.4, 0.5) is 17.6 Å². The molecule has 0 spiro atoms. The first kappa shape index (κ1) is 26.1. The number of oxazole rings is 1. The molecule has 192 valence electrons. The molecule has 0 fully saturated rings. The van der Waals surface area contributed by atoms with Gasteiger partial charge in [-0.05, 0) is 34.9 Å². The van der Waals surface area contributed by atoms with Crippen molar-refractivity contribution in [1.29, 1.82) is 0 Å². The minimum atomic E-state index is -4.47. The van der Waals surface area contributed by atoms with Crippen LogP contribution in [0.15, 0.2) is 89.5 Å². The minimum Gasteiger partial charge on any atom is -0.447 e. The van der Waals surface area contributed by atoms with Gasteiger partial charge < -0.3 is 9.32 Å². The van der Waals surface area contributed by atoms with Crippen molar-refractivity contribution in [2.45, 2.75) is 32.4 Å². The number of alkyl halides is 3. The molecular formula is C28H25F4N3O2. The van der Waals surface area contributed by atoms with Crippen LogP contribution in [-0.4, -0.2) is 27.7 Å². The van der Waals surface area contributed by atoms with Crippen molar-refractivity contribution in [2.75, 3.05) is 7.05 Å². The number of hydrogen-bond donors (Lipinski definition) is 0. The standard InChI is InChI=1S/C28H25F4N3O2/c1-34(15-20-7-3-2-4-8-20)27(36)25-19-37-26(33-25)18-35(17-22-10-6-12-24(29)14-22)16-21-9-5-11-23(13-21)28(30,31)32/h2-14,19H,15-18H2,1H3. The van der Waals surface area contributed by atoms with E-state index in [-0.39, 0.29) is 37.1 Å². The molecule has 0 unspecified atom stereocenters. The van der Waals surface area contributed by atoms with Crippen LogP contribution in [0.2, 0.25) is 0 Å². The fraction of sp³-hybridized carbons (Fsp3) is 0.214. The molecule has 3 aromatic carbocycles. The van der Waals surface area contributed by atoms with E-state index in [1.54, 1.807) is 30.1 Å². The molecule has 4 aromatic rings. The maximum Gasteiger partial charge on any atom is 0.416 e. The predicted molar refractivity (Wildman–Crippen MR) is 130 cm³/mol. The van der Waals surface area contributed by atoms with E-state index < -0.39 is 17.6 Å². The molecule has 4 rings (SSSR count). The fourth-order valence-corrected chi connectivity index (χ4v) is 3.96. The van der Waals surface area contributed by atoms with Gasteiger partial charge in [-0.2, -0.15) is 13.2 Å². The van der Waals surface area contributed by atoms with Gasteiger partial charge in [0.25, 0.3) is 5.91 Å². The fourth-order valence-electron chi connectivity index (χ4n) is 3.96. The van der Waals surface area contributed by atoms with Crippen LogP contribution in [0.25, 0.3) is 0 Å². The smallest absolute Gasteiger partial charge is 0.416 e. The van der Waals surface area contributed by atoms with E-state index >= 15 is 0 Å². The van der Waals surface area contributed by atoms with Crippen LogP contribution in [0.1, 0.15) is 38.6 Å². The topological polar surface area (TPSA) is 49.6 Å². The van der Waals surface area contributed by atoms with Gasteiger partial charge in [0.05, 0.1) is 12.1 Å². The number of carbonyl (C=O) groups excluding carboxylic acids is 1. The number of amides is 1. The van der Waals surface area contributed by atoms with Crippen molar-refractivity contribution < 1.29 is 26.8 Å². The lowest BCUT2D eigenvalue weighted by atomic mass is 10.1. The van der Waals surface area contributed by atoms with E-state index in [0.717, 1.165) is 17.7 Å². The second kappa shape index (κ2) is 11.4. The van der Waals surface area contributed by atoms with E-state index in [0.29, 0.717) is 17.7 Å². The summed E-state index contributed by atoms with van der Waals surface area (Å²) in [7, 11) is 1.66. The Morgan fingerprint density at radius 2 is 1.49 bits per heavy atom. The Kier molecular flexibility index (Phi) is 8.03. The van der Waals surface area contributed by atoms with Crippen molar-refractivity contribution in [2.24, 2.45) is 0 Å². The maximum atomic E-state index is 13.8. The summed E-state index contributed by atoms with van der Waals surface area (Å²) >= 11 is 0. The number of nitrogens with zero attached hydrogens (tertiary/aromatic N) is 3. The summed E-state index contributed by atoms with van der Waals surface area (Å²) < 4.78 is 58.9. The first-order valence-electron chi connectivity index (χ1n) is 11.5. The van der Waals surface area contributed by atoms with Crippen LogP contribution >= 0.6 is 0 Å². The quantitative estimate of drug-likeness (QED) is 0.247. The summed E-state index contributed by atoms with van der Waals surface area (Å²) in [4.78, 5) is 20.5. The lowest BCUT2D eigenvalue weighted by Gasteiger charge is -2.21. The first-order chi connectivity index (χ1) is 17.7. The largest absolute Gasteiger partial charge is 0.447 e. The molecule has 1 amide bonds. The molecule has 0 aliphatic carbocycles. The lowest BCUT2D eigenvalue weighted by molar-refractivity contribution is -0.137. The summed E-state index contributed by atoms with van der Waals surface area (Å²) in [6.45, 7) is 0.846. The van der Waals surface area contributed by atoms with Crippen molar-refractivity contribution in [3.8, 4) is 0 Å². The molecule has 9 heteroatoms. The van der Waals surface area contributed by atoms with E-state index in [1.807, 2.05) is 30.3 Å². The molecular weight excluding hydrogens is 486 g/mol. The number of halogens is 4. The van der Waals surface area contributed by atoms with E-state index in [2.05, 4.69) is 4.98 Å². The first-order valence-corrected chi connectivity index (χ1v) is 11.5. The molecule has 0 bridgehead atoms. The molecule has 0 aliphatic heterocycles. The highest BCUT2D eigenvalue weighted by Gasteiger charge is 2.30. The average Bonchev–Trinajstić information content (AvgIpc) is 3.32. The second-order valence-electron chi connectivity index (χ2n) is 8.75. The molecule has 0 radical (unpaired) electrons. The summed E-state index contributed by atoms with van der Waals surface area (Å²) in [5, 5.41) is 0. The van der Waals surface area contributed by atoms with Gasteiger partial charge in [0.2, 0.25) is 5.89 Å². The number of hydrogen-bond acceptors (Lipinski definition) is 4. The molecule has 5 nitrogen and oxygen atoms in total. The number of benzene rings is 3. The Labute approximate surface area is 212 Å². The highest BCUT2D eigenvalue weighted by Crippen LogP contribution is 2.30. The molecule has 1 aromatic heterocycles. The monoisotopic (exact) mass is 511 g/mol. The average molecular weight is 512 g/mol. The zero-order valence-electron chi connectivity index (χ0n) is 20.1. The third kappa shape index (κ3) is 7.27. The van der Waals surface area contributed by atoms with E-state index in [9.17, 15) is 22.4 Å². The SMILES string of the molecule is CN(Cc1ccccc1)C(=O)c1coc(CN(Cc2cccc(F)c2)Cc2cccc(C(F)(F)F)c2)n1. The van der Waals surface area contributed by atoms with Gasteiger partial charge >= 0.3 is 6.18 Å². The van der Waals surface area contributed by atoms with Gasteiger partial charge in [-0.15, -0.1) is 0 Å². The Bertz CT molecular complexity index is 1340. The van der Waals surface area contributed by atoms with Gasteiger partial charge in [0.15, 0.2) is 5.69 Å². The molecule has 0 N–H and O–H groups in total. The zero-order valence-corrected chi connectivity index (χ0v) is 20.1. The third-order valence-electron chi connectivity index (χ3n) is 5.69. The normalized spacial score (nSPS) is 11.6. The number of aromatic nitrogens is 1. The summed E-state index contributed by atoms with van der Waals surface area (Å²) in [6.07, 6.45) is -3.20. The molecule has 0 saturated carbocycles. The van der Waals surface area contributed by atoms with Crippen LogP contribution < -0.4 is 0 Å². The third-order valence-corrected chi connectivity index (χ3v) is 5.69. The predicted octanol–water partition coefficient (Wildman–Crippen LogP) is 6.31. The lowest BCUT2D eigenvalue weighted by Crippen LogP contribution is -2.26. The number of carbonyl (C=O) groups is 1. The molecule has 0 atom stereocenters. The molecule has 1 heterocycles. The van der Waals surface area contributed by atoms with Crippen molar-refractivity contribution in [3.63, 3.8) is 0 Å². The Morgan fingerprint density at radius 1 is 0.838 bits per heavy atom. The van der Waals surface area contributed by atoms with Crippen molar-refractivity contribution in [3.05, 3.63) is 125 Å². The van der Waals surface area contributed by atoms with Gasteiger partial charge in [0, 0.05) is 26.7 Å². The van der Waals surface area contributed by atoms with Crippen molar-refractivity contribution >= 4 is 5.91 Å². The molecule has 0 saturated heterocycles. The summed E-state index contributed by atoms with van der Waals surface area (Å²) in [5.74, 6) is -0.518. The van der Waals surface area contributed by atoms with Crippen LogP contribution in [0.5, 0.6) is 0 Å². The van der Waals surface area contributed by atoms with Crippen LogP contribution in [0.3, 0.4) is 0 Å². The zero-order chi connectivity index (χ0) is 26.4. The molecule has 0 aliphatic rings. The maximum absolute atomic E-state index is 13.8. The Balaban J connectivity index is 1.51. The van der Waals surface area contributed by atoms with Crippen LogP contribution in [-0.2, 0) is 32.4 Å². The van der Waals surface area contributed by atoms with Gasteiger partial charge in [-0.1, -0.05) is 60.7 Å². The van der Waals surface area contributed by atoms with E-state index in [1.165, 1.54) is 29.4 Å².